The van der Waals surface area contributed by atoms with Crippen molar-refractivity contribution in [2.45, 2.75) is 26.4 Å². The number of carbonyl (C=O) groups is 3. The van der Waals surface area contributed by atoms with Crippen molar-refractivity contribution in [1.82, 2.24) is 4.90 Å². The number of carbonyl (C=O) groups excluding carboxylic acids is 3. The fourth-order valence-electron chi connectivity index (χ4n) is 4.38. The highest BCUT2D eigenvalue weighted by Crippen LogP contribution is 2.41. The average molecular weight is 502 g/mol. The summed E-state index contributed by atoms with van der Waals surface area (Å²) in [5.74, 6) is -1.68. The summed E-state index contributed by atoms with van der Waals surface area (Å²) in [5, 5.41) is 21.0. The number of aryl methyl sites for hydroxylation is 1. The number of aromatic hydroxyl groups is 1. The number of Topliss-reactive ketones (excluding diaryl/α,β-unsaturated/α-hetero) is 1. The van der Waals surface area contributed by atoms with Gasteiger partial charge >= 0.3 is 5.97 Å². The number of aliphatic hydroxyl groups excluding tert-OH is 1. The zero-order chi connectivity index (χ0) is 26.7. The van der Waals surface area contributed by atoms with Crippen LogP contribution in [0.4, 0.5) is 0 Å². The van der Waals surface area contributed by atoms with Gasteiger partial charge in [-0.1, -0.05) is 24.3 Å². The van der Waals surface area contributed by atoms with Crippen LogP contribution in [0.15, 0.2) is 72.3 Å². The zero-order valence-corrected chi connectivity index (χ0v) is 20.7. The van der Waals surface area contributed by atoms with Gasteiger partial charge in [0.25, 0.3) is 11.7 Å². The summed E-state index contributed by atoms with van der Waals surface area (Å²) in [4.78, 5) is 39.8. The Balaban J connectivity index is 1.77. The molecule has 1 aliphatic heterocycles. The van der Waals surface area contributed by atoms with Gasteiger partial charge in [-0.05, 0) is 73.0 Å². The number of phenolic OH excluding ortho intramolecular Hbond substituents is 1. The van der Waals surface area contributed by atoms with Crippen LogP contribution in [0.1, 0.15) is 45.6 Å². The Labute approximate surface area is 214 Å². The van der Waals surface area contributed by atoms with Crippen LogP contribution >= 0.6 is 0 Å². The Morgan fingerprint density at radius 3 is 2.22 bits per heavy atom. The maximum atomic E-state index is 13.3. The smallest absolute Gasteiger partial charge is 0.338 e. The van der Waals surface area contributed by atoms with Crippen molar-refractivity contribution in [3.05, 3.63) is 100 Å². The summed E-state index contributed by atoms with van der Waals surface area (Å²) in [6, 6.07) is 16.8. The topological polar surface area (TPSA) is 113 Å². The summed E-state index contributed by atoms with van der Waals surface area (Å²) < 4.78 is 10.3. The normalized spacial score (nSPS) is 16.6. The molecule has 1 atom stereocenters. The van der Waals surface area contributed by atoms with Crippen LogP contribution in [0.25, 0.3) is 5.76 Å². The van der Waals surface area contributed by atoms with Crippen LogP contribution in [0.3, 0.4) is 0 Å². The summed E-state index contributed by atoms with van der Waals surface area (Å²) in [5.41, 5.74) is 2.68. The van der Waals surface area contributed by atoms with E-state index in [4.69, 9.17) is 9.47 Å². The first-order valence-corrected chi connectivity index (χ1v) is 11.7. The molecule has 3 aromatic carbocycles. The van der Waals surface area contributed by atoms with Crippen LogP contribution in [-0.2, 0) is 20.9 Å². The number of phenols is 1. The molecule has 2 N–H and O–H groups in total. The molecule has 0 aromatic heterocycles. The molecule has 1 saturated heterocycles. The van der Waals surface area contributed by atoms with Gasteiger partial charge in [0, 0.05) is 12.1 Å². The van der Waals surface area contributed by atoms with E-state index in [1.165, 1.54) is 24.1 Å². The molecule has 190 valence electrons. The molecule has 1 amide bonds. The number of methoxy groups -OCH3 is 1. The number of esters is 1. The third-order valence-corrected chi connectivity index (χ3v) is 6.24. The number of amides is 1. The van der Waals surface area contributed by atoms with Gasteiger partial charge in [0.15, 0.2) is 0 Å². The van der Waals surface area contributed by atoms with E-state index in [0.29, 0.717) is 28.0 Å². The van der Waals surface area contributed by atoms with Crippen molar-refractivity contribution in [2.75, 3.05) is 13.7 Å². The maximum absolute atomic E-state index is 13.3. The number of hydrogen-bond donors (Lipinski definition) is 2. The Hall–Kier alpha value is -4.59. The molecule has 3 aromatic rings. The van der Waals surface area contributed by atoms with Gasteiger partial charge in [0.1, 0.15) is 17.3 Å². The molecule has 1 heterocycles. The highest BCUT2D eigenvalue weighted by molar-refractivity contribution is 6.46. The number of hydrogen-bond acceptors (Lipinski definition) is 7. The third kappa shape index (κ3) is 5.04. The predicted octanol–water partition coefficient (Wildman–Crippen LogP) is 4.51. The van der Waals surface area contributed by atoms with Gasteiger partial charge in [-0.2, -0.15) is 0 Å². The highest BCUT2D eigenvalue weighted by Gasteiger charge is 2.46. The first-order valence-electron chi connectivity index (χ1n) is 11.7. The fourth-order valence-corrected chi connectivity index (χ4v) is 4.38. The lowest BCUT2D eigenvalue weighted by Crippen LogP contribution is -2.29. The second-order valence-electron chi connectivity index (χ2n) is 8.62. The number of aliphatic hydroxyl groups is 1. The van der Waals surface area contributed by atoms with Gasteiger partial charge < -0.3 is 24.6 Å². The SMILES string of the molecule is CCOC(=O)c1ccc(CN2C(=O)C(=O)/C(=C(\O)c3ccc(OC)c(C)c3)C2c2ccc(O)cc2)cc1. The van der Waals surface area contributed by atoms with Crippen LogP contribution in [0.2, 0.25) is 0 Å². The quantitative estimate of drug-likeness (QED) is 0.212. The molecular weight excluding hydrogens is 474 g/mol. The molecule has 37 heavy (non-hydrogen) atoms. The molecule has 0 aliphatic carbocycles. The Kier molecular flexibility index (Phi) is 7.29. The third-order valence-electron chi connectivity index (χ3n) is 6.24. The molecule has 0 bridgehead atoms. The van der Waals surface area contributed by atoms with Crippen molar-refractivity contribution < 1.29 is 34.1 Å². The summed E-state index contributed by atoms with van der Waals surface area (Å²) in [7, 11) is 1.54. The van der Waals surface area contributed by atoms with E-state index in [0.717, 1.165) is 5.56 Å². The number of rotatable bonds is 7. The largest absolute Gasteiger partial charge is 0.508 e. The van der Waals surface area contributed by atoms with Gasteiger partial charge in [-0.15, -0.1) is 0 Å². The van der Waals surface area contributed by atoms with Gasteiger partial charge in [0.2, 0.25) is 0 Å². The molecule has 0 spiro atoms. The number of benzene rings is 3. The minimum absolute atomic E-state index is 0.0287. The number of ether oxygens (including phenoxy) is 2. The summed E-state index contributed by atoms with van der Waals surface area (Å²) in [6.07, 6.45) is 0. The van der Waals surface area contributed by atoms with Crippen molar-refractivity contribution in [1.29, 1.82) is 0 Å². The zero-order valence-electron chi connectivity index (χ0n) is 20.7. The summed E-state index contributed by atoms with van der Waals surface area (Å²) in [6.45, 7) is 3.84. The van der Waals surface area contributed by atoms with Gasteiger partial charge in [-0.25, -0.2) is 4.79 Å². The van der Waals surface area contributed by atoms with Crippen LogP contribution in [0.5, 0.6) is 11.5 Å². The number of likely N-dealkylation sites (tertiary alicyclic amines) is 1. The van der Waals surface area contributed by atoms with E-state index in [1.54, 1.807) is 61.5 Å². The Bertz CT molecular complexity index is 1370. The molecule has 1 unspecified atom stereocenters. The monoisotopic (exact) mass is 501 g/mol. The standard InChI is InChI=1S/C29H27NO7/c1-4-37-29(35)20-7-5-18(6-8-20)16-30-25(19-9-12-22(31)13-10-19)24(27(33)28(30)34)26(32)21-11-14-23(36-3)17(2)15-21/h5-15,25,31-32H,4,16H2,1-3H3/b26-24-. The van der Waals surface area contributed by atoms with Crippen molar-refractivity contribution >= 4 is 23.4 Å². The minimum Gasteiger partial charge on any atom is -0.508 e. The number of nitrogens with zero attached hydrogens (tertiary/aromatic N) is 1. The molecule has 8 heteroatoms. The lowest BCUT2D eigenvalue weighted by molar-refractivity contribution is -0.140. The summed E-state index contributed by atoms with van der Waals surface area (Å²) >= 11 is 0. The average Bonchev–Trinajstić information content (AvgIpc) is 3.14. The van der Waals surface area contributed by atoms with Crippen molar-refractivity contribution in [3.8, 4) is 11.5 Å². The second-order valence-corrected chi connectivity index (χ2v) is 8.62. The molecular formula is C29H27NO7. The van der Waals surface area contributed by atoms with E-state index in [2.05, 4.69) is 0 Å². The van der Waals surface area contributed by atoms with E-state index < -0.39 is 23.7 Å². The van der Waals surface area contributed by atoms with E-state index in [1.807, 2.05) is 6.92 Å². The Morgan fingerprint density at radius 2 is 1.62 bits per heavy atom. The second kappa shape index (κ2) is 10.6. The maximum Gasteiger partial charge on any atom is 0.338 e. The predicted molar refractivity (Wildman–Crippen MR) is 136 cm³/mol. The fraction of sp³-hybridized carbons (Fsp3) is 0.207. The van der Waals surface area contributed by atoms with Crippen LogP contribution in [0, 0.1) is 6.92 Å². The van der Waals surface area contributed by atoms with E-state index in [-0.39, 0.29) is 30.2 Å². The van der Waals surface area contributed by atoms with E-state index in [9.17, 15) is 24.6 Å². The molecule has 0 radical (unpaired) electrons. The van der Waals surface area contributed by atoms with Crippen molar-refractivity contribution in [2.24, 2.45) is 0 Å². The van der Waals surface area contributed by atoms with Crippen molar-refractivity contribution in [3.63, 3.8) is 0 Å². The molecule has 8 nitrogen and oxygen atoms in total. The first kappa shape index (κ1) is 25.5. The molecule has 1 aliphatic rings. The molecule has 1 fully saturated rings. The van der Waals surface area contributed by atoms with Crippen LogP contribution < -0.4 is 4.74 Å². The number of ketones is 1. The van der Waals surface area contributed by atoms with Crippen LogP contribution in [-0.4, -0.2) is 46.5 Å². The Morgan fingerprint density at radius 1 is 0.973 bits per heavy atom. The highest BCUT2D eigenvalue weighted by atomic mass is 16.5. The first-order chi connectivity index (χ1) is 17.7. The van der Waals surface area contributed by atoms with Gasteiger partial charge in [0.05, 0.1) is 30.9 Å². The van der Waals surface area contributed by atoms with E-state index >= 15 is 0 Å². The van der Waals surface area contributed by atoms with Gasteiger partial charge in [-0.3, -0.25) is 9.59 Å². The minimum atomic E-state index is -0.896. The lowest BCUT2D eigenvalue weighted by Gasteiger charge is -2.25. The lowest BCUT2D eigenvalue weighted by atomic mass is 9.94. The molecule has 4 rings (SSSR count). The molecule has 0 saturated carbocycles.